The summed E-state index contributed by atoms with van der Waals surface area (Å²) in [6, 6.07) is 6.03. The Morgan fingerprint density at radius 1 is 1.33 bits per heavy atom. The lowest BCUT2D eigenvalue weighted by atomic mass is 9.80. The maximum atomic E-state index is 5.97. The first-order valence-corrected chi connectivity index (χ1v) is 7.82. The van der Waals surface area contributed by atoms with E-state index in [1.165, 1.54) is 5.56 Å². The molecule has 1 aliphatic heterocycles. The van der Waals surface area contributed by atoms with Gasteiger partial charge >= 0.3 is 0 Å². The quantitative estimate of drug-likeness (QED) is 0.920. The summed E-state index contributed by atoms with van der Waals surface area (Å²) in [5.74, 6) is 1.23. The van der Waals surface area contributed by atoms with Crippen LogP contribution in [0, 0.1) is 6.92 Å². The molecule has 0 atom stereocenters. The summed E-state index contributed by atoms with van der Waals surface area (Å²) in [4.78, 5) is 4.58. The SMILES string of the molecule is Cc1ccc(-c2noc(C3(CN)CCOCC3)n2)cc1Br. The summed E-state index contributed by atoms with van der Waals surface area (Å²) in [5.41, 5.74) is 7.83. The fraction of sp³-hybridized carbons (Fsp3) is 0.467. The van der Waals surface area contributed by atoms with Crippen molar-refractivity contribution in [2.45, 2.75) is 25.2 Å². The van der Waals surface area contributed by atoms with E-state index in [4.69, 9.17) is 15.0 Å². The number of benzene rings is 1. The smallest absolute Gasteiger partial charge is 0.234 e. The molecule has 112 valence electrons. The van der Waals surface area contributed by atoms with E-state index in [2.05, 4.69) is 26.1 Å². The van der Waals surface area contributed by atoms with E-state index in [9.17, 15) is 0 Å². The molecule has 0 aliphatic carbocycles. The van der Waals surface area contributed by atoms with Crippen LogP contribution in [0.15, 0.2) is 27.2 Å². The van der Waals surface area contributed by atoms with Gasteiger partial charge in [0.05, 0.1) is 5.41 Å². The Balaban J connectivity index is 1.93. The predicted molar refractivity (Wildman–Crippen MR) is 83.0 cm³/mol. The molecule has 0 radical (unpaired) electrons. The third-order valence-corrected chi connectivity index (χ3v) is 5.00. The molecule has 1 saturated heterocycles. The summed E-state index contributed by atoms with van der Waals surface area (Å²) in [6.45, 7) is 3.91. The fourth-order valence-corrected chi connectivity index (χ4v) is 2.93. The first kappa shape index (κ1) is 14.7. The highest BCUT2D eigenvalue weighted by molar-refractivity contribution is 9.10. The van der Waals surface area contributed by atoms with Crippen LogP contribution in [0.5, 0.6) is 0 Å². The standard InChI is InChI=1S/C15H18BrN3O2/c1-10-2-3-11(8-12(10)16)13-18-14(21-19-13)15(9-17)4-6-20-7-5-15/h2-3,8H,4-7,9,17H2,1H3. The second-order valence-electron chi connectivity index (χ2n) is 5.48. The number of rotatable bonds is 3. The van der Waals surface area contributed by atoms with E-state index in [1.807, 2.05) is 25.1 Å². The van der Waals surface area contributed by atoms with E-state index >= 15 is 0 Å². The van der Waals surface area contributed by atoms with Crippen LogP contribution in [-0.2, 0) is 10.2 Å². The summed E-state index contributed by atoms with van der Waals surface area (Å²) in [7, 11) is 0. The second-order valence-corrected chi connectivity index (χ2v) is 6.34. The Labute approximate surface area is 132 Å². The van der Waals surface area contributed by atoms with Gasteiger partial charge in [-0.05, 0) is 31.4 Å². The number of aryl methyl sites for hydroxylation is 1. The minimum absolute atomic E-state index is 0.245. The molecule has 0 unspecified atom stereocenters. The zero-order chi connectivity index (χ0) is 14.9. The maximum absolute atomic E-state index is 5.97. The summed E-state index contributed by atoms with van der Waals surface area (Å²) in [5, 5.41) is 4.12. The third-order valence-electron chi connectivity index (χ3n) is 4.15. The van der Waals surface area contributed by atoms with Crippen molar-refractivity contribution in [1.29, 1.82) is 0 Å². The Kier molecular flexibility index (Phi) is 4.10. The number of hydrogen-bond acceptors (Lipinski definition) is 5. The number of nitrogens with zero attached hydrogens (tertiary/aromatic N) is 2. The van der Waals surface area contributed by atoms with Gasteiger partial charge in [0.1, 0.15) is 0 Å². The van der Waals surface area contributed by atoms with E-state index in [0.29, 0.717) is 31.5 Å². The molecule has 0 bridgehead atoms. The van der Waals surface area contributed by atoms with E-state index < -0.39 is 0 Å². The average Bonchev–Trinajstić information content (AvgIpc) is 3.01. The van der Waals surface area contributed by atoms with Crippen LogP contribution in [0.1, 0.15) is 24.3 Å². The number of aromatic nitrogens is 2. The molecule has 0 amide bonds. The first-order chi connectivity index (χ1) is 10.1. The van der Waals surface area contributed by atoms with Gasteiger partial charge in [-0.2, -0.15) is 4.98 Å². The number of halogens is 1. The van der Waals surface area contributed by atoms with E-state index in [1.54, 1.807) is 0 Å². The van der Waals surface area contributed by atoms with Crippen molar-refractivity contribution < 1.29 is 9.26 Å². The van der Waals surface area contributed by atoms with Crippen LogP contribution in [-0.4, -0.2) is 29.9 Å². The van der Waals surface area contributed by atoms with E-state index in [0.717, 1.165) is 22.9 Å². The van der Waals surface area contributed by atoms with E-state index in [-0.39, 0.29) is 5.41 Å². The molecule has 1 aromatic carbocycles. The Bertz CT molecular complexity index is 636. The van der Waals surface area contributed by atoms with Crippen LogP contribution in [0.3, 0.4) is 0 Å². The van der Waals surface area contributed by atoms with Crippen LogP contribution in [0.4, 0.5) is 0 Å². The summed E-state index contributed by atoms with van der Waals surface area (Å²) in [6.07, 6.45) is 1.64. The second kappa shape index (κ2) is 5.87. The lowest BCUT2D eigenvalue weighted by Crippen LogP contribution is -2.40. The zero-order valence-corrected chi connectivity index (χ0v) is 13.5. The Hall–Kier alpha value is -1.24. The van der Waals surface area contributed by atoms with Gasteiger partial charge in [-0.25, -0.2) is 0 Å². The molecule has 5 nitrogen and oxygen atoms in total. The molecule has 3 rings (SSSR count). The van der Waals surface area contributed by atoms with Gasteiger partial charge in [-0.3, -0.25) is 0 Å². The predicted octanol–water partition coefficient (Wildman–Crippen LogP) is 2.81. The topological polar surface area (TPSA) is 74.2 Å². The van der Waals surface area contributed by atoms with Gasteiger partial charge in [0.25, 0.3) is 0 Å². The lowest BCUT2D eigenvalue weighted by molar-refractivity contribution is 0.0409. The molecule has 2 N–H and O–H groups in total. The summed E-state index contributed by atoms with van der Waals surface area (Å²) < 4.78 is 12.0. The van der Waals surface area contributed by atoms with Crippen LogP contribution in [0.2, 0.25) is 0 Å². The Morgan fingerprint density at radius 3 is 2.76 bits per heavy atom. The molecule has 6 heteroatoms. The van der Waals surface area contributed by atoms with Crippen molar-refractivity contribution in [3.05, 3.63) is 34.1 Å². The minimum atomic E-state index is -0.245. The highest BCUT2D eigenvalue weighted by atomic mass is 79.9. The van der Waals surface area contributed by atoms with Crippen molar-refractivity contribution in [3.8, 4) is 11.4 Å². The molecule has 1 aromatic heterocycles. The highest BCUT2D eigenvalue weighted by Crippen LogP contribution is 2.34. The summed E-state index contributed by atoms with van der Waals surface area (Å²) >= 11 is 3.53. The monoisotopic (exact) mass is 351 g/mol. The molecular weight excluding hydrogens is 334 g/mol. The third kappa shape index (κ3) is 2.75. The van der Waals surface area contributed by atoms with Crippen molar-refractivity contribution in [1.82, 2.24) is 10.1 Å². The van der Waals surface area contributed by atoms with Gasteiger partial charge in [-0.1, -0.05) is 33.2 Å². The van der Waals surface area contributed by atoms with Crippen LogP contribution in [0.25, 0.3) is 11.4 Å². The van der Waals surface area contributed by atoms with Crippen molar-refractivity contribution >= 4 is 15.9 Å². The van der Waals surface area contributed by atoms with Crippen LogP contribution >= 0.6 is 15.9 Å². The van der Waals surface area contributed by atoms with Crippen molar-refractivity contribution in [2.75, 3.05) is 19.8 Å². The van der Waals surface area contributed by atoms with Gasteiger partial charge in [-0.15, -0.1) is 0 Å². The zero-order valence-electron chi connectivity index (χ0n) is 11.9. The molecule has 2 heterocycles. The van der Waals surface area contributed by atoms with Gasteiger partial charge in [0.2, 0.25) is 11.7 Å². The average molecular weight is 352 g/mol. The van der Waals surface area contributed by atoms with Gasteiger partial charge in [0, 0.05) is 29.8 Å². The first-order valence-electron chi connectivity index (χ1n) is 7.03. The molecular formula is C15H18BrN3O2. The molecule has 1 fully saturated rings. The molecule has 0 spiro atoms. The minimum Gasteiger partial charge on any atom is -0.381 e. The molecule has 21 heavy (non-hydrogen) atoms. The molecule has 2 aromatic rings. The Morgan fingerprint density at radius 2 is 2.10 bits per heavy atom. The molecule has 1 aliphatic rings. The van der Waals surface area contributed by atoms with Crippen molar-refractivity contribution in [2.24, 2.45) is 5.73 Å². The van der Waals surface area contributed by atoms with Crippen LogP contribution < -0.4 is 5.73 Å². The fourth-order valence-electron chi connectivity index (χ4n) is 2.56. The lowest BCUT2D eigenvalue weighted by Gasteiger charge is -2.32. The largest absolute Gasteiger partial charge is 0.381 e. The molecule has 0 saturated carbocycles. The number of ether oxygens (including phenoxy) is 1. The number of nitrogens with two attached hydrogens (primary N) is 1. The van der Waals surface area contributed by atoms with Crippen molar-refractivity contribution in [3.63, 3.8) is 0 Å². The highest BCUT2D eigenvalue weighted by Gasteiger charge is 2.38. The number of hydrogen-bond donors (Lipinski definition) is 1. The normalized spacial score (nSPS) is 17.9. The maximum Gasteiger partial charge on any atom is 0.234 e. The van der Waals surface area contributed by atoms with Gasteiger partial charge < -0.3 is 15.0 Å². The van der Waals surface area contributed by atoms with Gasteiger partial charge in [0.15, 0.2) is 0 Å².